The second-order valence-electron chi connectivity index (χ2n) is 6.33. The van der Waals surface area contributed by atoms with E-state index in [1.807, 2.05) is 25.1 Å². The zero-order valence-electron chi connectivity index (χ0n) is 15.4. The average Bonchev–Trinajstić information content (AvgIpc) is 3.32. The molecule has 3 rings (SSSR count). The number of hydrogen-bond donors (Lipinski definition) is 2. The Morgan fingerprint density at radius 2 is 1.96 bits per heavy atom. The van der Waals surface area contributed by atoms with Crippen molar-refractivity contribution < 1.29 is 9.21 Å². The van der Waals surface area contributed by atoms with Crippen LogP contribution in [-0.4, -0.2) is 21.4 Å². The molecule has 6 nitrogen and oxygen atoms in total. The first-order valence-corrected chi connectivity index (χ1v) is 10.4. The lowest BCUT2D eigenvalue weighted by atomic mass is 10.0. The molecular formula is C19H22N4O2S2. The highest BCUT2D eigenvalue weighted by molar-refractivity contribution is 8.02. The predicted molar refractivity (Wildman–Crippen MR) is 110 cm³/mol. The second kappa shape index (κ2) is 9.05. The number of benzene rings is 1. The summed E-state index contributed by atoms with van der Waals surface area (Å²) in [7, 11) is 0. The Hall–Kier alpha value is -2.32. The van der Waals surface area contributed by atoms with Crippen molar-refractivity contribution in [1.29, 1.82) is 0 Å². The van der Waals surface area contributed by atoms with Gasteiger partial charge in [0.05, 0.1) is 18.1 Å². The van der Waals surface area contributed by atoms with E-state index in [4.69, 9.17) is 4.42 Å². The van der Waals surface area contributed by atoms with Gasteiger partial charge in [-0.05, 0) is 42.7 Å². The molecule has 1 aromatic carbocycles. The minimum absolute atomic E-state index is 0.0645. The van der Waals surface area contributed by atoms with Gasteiger partial charge in [0.25, 0.3) is 0 Å². The number of thioether (sulfide) groups is 1. The van der Waals surface area contributed by atoms with Crippen molar-refractivity contribution in [3.05, 3.63) is 54.0 Å². The number of carbonyl (C=O) groups is 1. The van der Waals surface area contributed by atoms with Gasteiger partial charge < -0.3 is 15.1 Å². The highest BCUT2D eigenvalue weighted by Crippen LogP contribution is 2.30. The Morgan fingerprint density at radius 1 is 1.19 bits per heavy atom. The second-order valence-corrected chi connectivity index (χ2v) is 8.90. The Kier molecular flexibility index (Phi) is 6.52. The third-order valence-corrected chi connectivity index (χ3v) is 5.92. The van der Waals surface area contributed by atoms with Gasteiger partial charge in [-0.15, -0.1) is 10.2 Å². The van der Waals surface area contributed by atoms with Crippen LogP contribution in [-0.2, 0) is 11.3 Å². The van der Waals surface area contributed by atoms with E-state index in [0.717, 1.165) is 15.8 Å². The molecule has 3 aromatic rings. The van der Waals surface area contributed by atoms with Gasteiger partial charge in [0.15, 0.2) is 4.34 Å². The number of nitrogens with one attached hydrogen (secondary N) is 2. The summed E-state index contributed by atoms with van der Waals surface area (Å²) in [6.07, 6.45) is 1.59. The van der Waals surface area contributed by atoms with Gasteiger partial charge in [-0.1, -0.05) is 49.1 Å². The molecule has 27 heavy (non-hydrogen) atoms. The number of hydrogen-bond acceptors (Lipinski definition) is 7. The molecule has 0 saturated heterocycles. The van der Waals surface area contributed by atoms with E-state index >= 15 is 0 Å². The van der Waals surface area contributed by atoms with Crippen molar-refractivity contribution in [2.75, 3.05) is 5.32 Å². The topological polar surface area (TPSA) is 80.0 Å². The minimum Gasteiger partial charge on any atom is -0.467 e. The highest BCUT2D eigenvalue weighted by atomic mass is 32.2. The van der Waals surface area contributed by atoms with Crippen LogP contribution >= 0.6 is 23.1 Å². The zero-order chi connectivity index (χ0) is 19.2. The van der Waals surface area contributed by atoms with Gasteiger partial charge in [0.2, 0.25) is 11.0 Å². The maximum Gasteiger partial charge on any atom is 0.233 e. The standard InChI is InChI=1S/C19H22N4O2S2/c1-12(2)14-6-8-15(9-7-14)21-18-22-23-19(27-18)26-13(3)17(24)20-11-16-5-4-10-25-16/h4-10,12-13H,11H2,1-3H3,(H,20,24)(H,21,22)/t13-/m1/s1. The lowest BCUT2D eigenvalue weighted by Crippen LogP contribution is -2.30. The molecule has 1 atom stereocenters. The maximum atomic E-state index is 12.2. The maximum absolute atomic E-state index is 12.2. The van der Waals surface area contributed by atoms with Gasteiger partial charge in [-0.2, -0.15) is 0 Å². The summed E-state index contributed by atoms with van der Waals surface area (Å²) >= 11 is 2.82. The van der Waals surface area contributed by atoms with Crippen LogP contribution in [0.1, 0.15) is 38.0 Å². The van der Waals surface area contributed by atoms with E-state index in [2.05, 4.69) is 46.8 Å². The molecule has 2 heterocycles. The summed E-state index contributed by atoms with van der Waals surface area (Å²) in [5.74, 6) is 1.17. The fourth-order valence-corrected chi connectivity index (χ4v) is 4.26. The summed E-state index contributed by atoms with van der Waals surface area (Å²) in [5.41, 5.74) is 2.26. The monoisotopic (exact) mass is 402 g/mol. The summed E-state index contributed by atoms with van der Waals surface area (Å²) < 4.78 is 5.96. The van der Waals surface area contributed by atoms with Gasteiger partial charge in [-0.3, -0.25) is 4.79 Å². The van der Waals surface area contributed by atoms with Crippen LogP contribution in [0.4, 0.5) is 10.8 Å². The van der Waals surface area contributed by atoms with E-state index in [0.29, 0.717) is 17.6 Å². The molecule has 0 aliphatic carbocycles. The first-order chi connectivity index (χ1) is 13.0. The SMILES string of the molecule is CC(C)c1ccc(Nc2nnc(S[C@H](C)C(=O)NCc3ccco3)s2)cc1. The molecule has 8 heteroatoms. The van der Waals surface area contributed by atoms with E-state index in [-0.39, 0.29) is 11.2 Å². The smallest absolute Gasteiger partial charge is 0.233 e. The Balaban J connectivity index is 1.51. The first kappa shape index (κ1) is 19.4. The quantitative estimate of drug-likeness (QED) is 0.527. The molecule has 2 N–H and O–H groups in total. The number of nitrogens with zero attached hydrogens (tertiary/aromatic N) is 2. The van der Waals surface area contributed by atoms with Gasteiger partial charge in [0.1, 0.15) is 5.76 Å². The molecule has 0 aliphatic heterocycles. The summed E-state index contributed by atoms with van der Waals surface area (Å²) in [4.78, 5) is 12.2. The number of rotatable bonds is 8. The van der Waals surface area contributed by atoms with Crippen LogP contribution in [0, 0.1) is 0 Å². The largest absolute Gasteiger partial charge is 0.467 e. The normalized spacial score (nSPS) is 12.1. The van der Waals surface area contributed by atoms with Crippen molar-refractivity contribution in [1.82, 2.24) is 15.5 Å². The number of carbonyl (C=O) groups excluding carboxylic acids is 1. The predicted octanol–water partition coefficient (Wildman–Crippen LogP) is 4.80. The lowest BCUT2D eigenvalue weighted by molar-refractivity contribution is -0.120. The lowest BCUT2D eigenvalue weighted by Gasteiger charge is -2.09. The molecule has 0 bridgehead atoms. The third-order valence-electron chi connectivity index (χ3n) is 3.90. The van der Waals surface area contributed by atoms with Crippen molar-refractivity contribution in [2.24, 2.45) is 0 Å². The molecule has 1 amide bonds. The number of amides is 1. The minimum atomic E-state index is -0.272. The molecule has 0 fully saturated rings. The fraction of sp³-hybridized carbons (Fsp3) is 0.316. The Morgan fingerprint density at radius 3 is 2.63 bits per heavy atom. The van der Waals surface area contributed by atoms with E-state index in [1.54, 1.807) is 12.3 Å². The van der Waals surface area contributed by atoms with Crippen LogP contribution in [0.25, 0.3) is 0 Å². The van der Waals surface area contributed by atoms with Crippen LogP contribution in [0.5, 0.6) is 0 Å². The average molecular weight is 403 g/mol. The van der Waals surface area contributed by atoms with Crippen LogP contribution in [0.3, 0.4) is 0 Å². The van der Waals surface area contributed by atoms with E-state index in [9.17, 15) is 4.79 Å². The molecule has 0 saturated carbocycles. The summed E-state index contributed by atoms with van der Waals surface area (Å²) in [6, 6.07) is 11.9. The Labute approximate surface area is 166 Å². The van der Waals surface area contributed by atoms with Crippen LogP contribution < -0.4 is 10.6 Å². The number of aromatic nitrogens is 2. The van der Waals surface area contributed by atoms with Crippen LogP contribution in [0.15, 0.2) is 51.4 Å². The first-order valence-electron chi connectivity index (χ1n) is 8.68. The number of anilines is 2. The molecule has 0 spiro atoms. The fourth-order valence-electron chi connectivity index (χ4n) is 2.32. The molecular weight excluding hydrogens is 380 g/mol. The van der Waals surface area contributed by atoms with Gasteiger partial charge in [-0.25, -0.2) is 0 Å². The van der Waals surface area contributed by atoms with Crippen molar-refractivity contribution >= 4 is 39.8 Å². The van der Waals surface area contributed by atoms with Crippen molar-refractivity contribution in [3.8, 4) is 0 Å². The van der Waals surface area contributed by atoms with E-state index < -0.39 is 0 Å². The molecule has 142 valence electrons. The molecule has 0 aliphatic rings. The Bertz CT molecular complexity index is 860. The van der Waals surface area contributed by atoms with Crippen LogP contribution in [0.2, 0.25) is 0 Å². The zero-order valence-corrected chi connectivity index (χ0v) is 17.1. The van der Waals surface area contributed by atoms with Crippen molar-refractivity contribution in [3.63, 3.8) is 0 Å². The third kappa shape index (κ3) is 5.58. The summed E-state index contributed by atoms with van der Waals surface area (Å²) in [5, 5.41) is 14.9. The van der Waals surface area contributed by atoms with Crippen molar-refractivity contribution in [2.45, 2.75) is 42.8 Å². The summed E-state index contributed by atoms with van der Waals surface area (Å²) in [6.45, 7) is 6.57. The number of furan rings is 1. The molecule has 0 unspecified atom stereocenters. The molecule has 0 radical (unpaired) electrons. The van der Waals surface area contributed by atoms with Gasteiger partial charge >= 0.3 is 0 Å². The van der Waals surface area contributed by atoms with E-state index in [1.165, 1.54) is 28.7 Å². The molecule has 2 aromatic heterocycles. The van der Waals surface area contributed by atoms with Gasteiger partial charge in [0, 0.05) is 5.69 Å². The highest BCUT2D eigenvalue weighted by Gasteiger charge is 2.17.